The Morgan fingerprint density at radius 1 is 1.62 bits per heavy atom. The van der Waals surface area contributed by atoms with Gasteiger partial charge in [-0.25, -0.2) is 0 Å². The Morgan fingerprint density at radius 3 is 2.81 bits per heavy atom. The standard InChI is InChI=1S/C10H13N3O3/c1-12(7-10(15)16)9(14)4-3-8-5-11-13(2)6-8/h3-6H,7H2,1-2H3,(H,15,16)/b4-3+. The zero-order chi connectivity index (χ0) is 12.1. The van der Waals surface area contributed by atoms with Gasteiger partial charge in [0.05, 0.1) is 6.20 Å². The SMILES string of the molecule is CN(CC(=O)O)C(=O)/C=C/c1cnn(C)c1. The summed E-state index contributed by atoms with van der Waals surface area (Å²) >= 11 is 0. The topological polar surface area (TPSA) is 75.4 Å². The molecule has 86 valence electrons. The quantitative estimate of drug-likeness (QED) is 0.728. The van der Waals surface area contributed by atoms with Crippen LogP contribution in [0, 0.1) is 0 Å². The molecule has 0 aliphatic rings. The van der Waals surface area contributed by atoms with E-state index in [-0.39, 0.29) is 12.5 Å². The van der Waals surface area contributed by atoms with Crippen LogP contribution in [-0.4, -0.2) is 45.3 Å². The first-order chi connectivity index (χ1) is 7.49. The average molecular weight is 223 g/mol. The molecule has 6 heteroatoms. The van der Waals surface area contributed by atoms with Crippen molar-refractivity contribution in [2.45, 2.75) is 0 Å². The molecule has 0 spiro atoms. The minimum atomic E-state index is -1.04. The monoisotopic (exact) mass is 223 g/mol. The molecule has 6 nitrogen and oxygen atoms in total. The number of aryl methyl sites for hydroxylation is 1. The van der Waals surface area contributed by atoms with Crippen LogP contribution in [0.2, 0.25) is 0 Å². The van der Waals surface area contributed by atoms with Crippen molar-refractivity contribution in [3.8, 4) is 0 Å². The largest absolute Gasteiger partial charge is 0.480 e. The predicted octanol–water partition coefficient (Wildman–Crippen LogP) is -0.0237. The predicted molar refractivity (Wildman–Crippen MR) is 57.5 cm³/mol. The normalized spacial score (nSPS) is 10.6. The van der Waals surface area contributed by atoms with Gasteiger partial charge in [-0.3, -0.25) is 14.3 Å². The molecular formula is C10H13N3O3. The summed E-state index contributed by atoms with van der Waals surface area (Å²) in [4.78, 5) is 22.9. The van der Waals surface area contributed by atoms with Crippen LogP contribution in [0.15, 0.2) is 18.5 Å². The summed E-state index contributed by atoms with van der Waals surface area (Å²) in [6.07, 6.45) is 6.27. The van der Waals surface area contributed by atoms with E-state index in [1.807, 2.05) is 0 Å². The number of aliphatic carboxylic acids is 1. The van der Waals surface area contributed by atoms with Crippen LogP contribution in [-0.2, 0) is 16.6 Å². The maximum Gasteiger partial charge on any atom is 0.323 e. The number of hydrogen-bond donors (Lipinski definition) is 1. The van der Waals surface area contributed by atoms with Gasteiger partial charge in [-0.15, -0.1) is 0 Å². The Kier molecular flexibility index (Phi) is 3.82. The highest BCUT2D eigenvalue weighted by molar-refractivity contribution is 5.93. The van der Waals surface area contributed by atoms with Crippen LogP contribution in [0.3, 0.4) is 0 Å². The number of carboxylic acid groups (broad SMARTS) is 1. The van der Waals surface area contributed by atoms with Crippen molar-refractivity contribution in [3.05, 3.63) is 24.0 Å². The fourth-order valence-corrected chi connectivity index (χ4v) is 1.10. The minimum absolute atomic E-state index is 0.309. The second-order valence-corrected chi connectivity index (χ2v) is 3.37. The third kappa shape index (κ3) is 3.56. The maximum absolute atomic E-state index is 11.4. The summed E-state index contributed by atoms with van der Waals surface area (Å²) in [5.74, 6) is -1.39. The van der Waals surface area contributed by atoms with Crippen LogP contribution < -0.4 is 0 Å². The zero-order valence-corrected chi connectivity index (χ0v) is 9.12. The summed E-state index contributed by atoms with van der Waals surface area (Å²) in [5, 5.41) is 12.4. The molecule has 0 aromatic carbocycles. The van der Waals surface area contributed by atoms with E-state index >= 15 is 0 Å². The zero-order valence-electron chi connectivity index (χ0n) is 9.12. The molecule has 1 N–H and O–H groups in total. The highest BCUT2D eigenvalue weighted by Gasteiger charge is 2.08. The van der Waals surface area contributed by atoms with E-state index in [0.29, 0.717) is 0 Å². The second-order valence-electron chi connectivity index (χ2n) is 3.37. The number of carbonyl (C=O) groups is 2. The Hall–Kier alpha value is -2.11. The Labute approximate surface area is 92.8 Å². The smallest absolute Gasteiger partial charge is 0.323 e. The van der Waals surface area contributed by atoms with Gasteiger partial charge in [-0.1, -0.05) is 0 Å². The summed E-state index contributed by atoms with van der Waals surface area (Å²) in [7, 11) is 3.21. The maximum atomic E-state index is 11.4. The molecule has 0 atom stereocenters. The minimum Gasteiger partial charge on any atom is -0.480 e. The molecule has 1 heterocycles. The third-order valence-electron chi connectivity index (χ3n) is 1.89. The van der Waals surface area contributed by atoms with Crippen molar-refractivity contribution in [2.24, 2.45) is 7.05 Å². The molecule has 1 aromatic rings. The van der Waals surface area contributed by atoms with Crippen molar-refractivity contribution in [2.75, 3.05) is 13.6 Å². The van der Waals surface area contributed by atoms with Gasteiger partial charge in [-0.05, 0) is 6.08 Å². The van der Waals surface area contributed by atoms with E-state index in [0.717, 1.165) is 10.5 Å². The fraction of sp³-hybridized carbons (Fsp3) is 0.300. The number of rotatable bonds is 4. The van der Waals surface area contributed by atoms with Crippen molar-refractivity contribution < 1.29 is 14.7 Å². The van der Waals surface area contributed by atoms with Gasteiger partial charge < -0.3 is 10.0 Å². The molecule has 0 aliphatic carbocycles. The number of hydrogen-bond acceptors (Lipinski definition) is 3. The number of carbonyl (C=O) groups excluding carboxylic acids is 1. The molecule has 1 amide bonds. The Morgan fingerprint density at radius 2 is 2.31 bits per heavy atom. The number of amides is 1. The summed E-state index contributed by atoms with van der Waals surface area (Å²) in [6, 6.07) is 0. The van der Waals surface area contributed by atoms with Gasteiger partial charge in [0, 0.05) is 31.9 Å². The van der Waals surface area contributed by atoms with Crippen molar-refractivity contribution in [3.63, 3.8) is 0 Å². The number of aromatic nitrogens is 2. The fourth-order valence-electron chi connectivity index (χ4n) is 1.10. The lowest BCUT2D eigenvalue weighted by atomic mass is 10.3. The molecule has 0 unspecified atom stereocenters. The molecule has 0 bridgehead atoms. The first kappa shape index (κ1) is 12.0. The number of likely N-dealkylation sites (N-methyl/N-ethyl adjacent to an activating group) is 1. The molecule has 0 aliphatic heterocycles. The van der Waals surface area contributed by atoms with Crippen LogP contribution in [0.5, 0.6) is 0 Å². The van der Waals surface area contributed by atoms with E-state index in [2.05, 4.69) is 5.10 Å². The molecule has 1 aromatic heterocycles. The van der Waals surface area contributed by atoms with E-state index in [4.69, 9.17) is 5.11 Å². The molecule has 0 saturated carbocycles. The van der Waals surface area contributed by atoms with Gasteiger partial charge >= 0.3 is 5.97 Å². The van der Waals surface area contributed by atoms with E-state index in [9.17, 15) is 9.59 Å². The lowest BCUT2D eigenvalue weighted by Gasteiger charge is -2.10. The van der Waals surface area contributed by atoms with Gasteiger partial charge in [0.2, 0.25) is 5.91 Å². The molecule has 0 radical (unpaired) electrons. The molecule has 0 fully saturated rings. The lowest BCUT2D eigenvalue weighted by Crippen LogP contribution is -2.30. The van der Waals surface area contributed by atoms with Gasteiger partial charge in [0.15, 0.2) is 0 Å². The highest BCUT2D eigenvalue weighted by atomic mass is 16.4. The van der Waals surface area contributed by atoms with Gasteiger partial charge in [0.1, 0.15) is 6.54 Å². The number of carboxylic acids is 1. The van der Waals surface area contributed by atoms with E-state index in [1.54, 1.807) is 30.2 Å². The molecule has 0 saturated heterocycles. The van der Waals surface area contributed by atoms with Crippen LogP contribution in [0.1, 0.15) is 5.56 Å². The summed E-state index contributed by atoms with van der Waals surface area (Å²) < 4.78 is 1.62. The lowest BCUT2D eigenvalue weighted by molar-refractivity contribution is -0.141. The number of nitrogens with zero attached hydrogens (tertiary/aromatic N) is 3. The van der Waals surface area contributed by atoms with Crippen LogP contribution >= 0.6 is 0 Å². The summed E-state index contributed by atoms with van der Waals surface area (Å²) in [6.45, 7) is -0.309. The van der Waals surface area contributed by atoms with Crippen LogP contribution in [0.25, 0.3) is 6.08 Å². The van der Waals surface area contributed by atoms with Gasteiger partial charge in [-0.2, -0.15) is 5.10 Å². The van der Waals surface area contributed by atoms with Crippen molar-refractivity contribution in [1.29, 1.82) is 0 Å². The second kappa shape index (κ2) is 5.11. The molecule has 16 heavy (non-hydrogen) atoms. The van der Waals surface area contributed by atoms with E-state index < -0.39 is 5.97 Å². The molecule has 1 rings (SSSR count). The van der Waals surface area contributed by atoms with Crippen molar-refractivity contribution >= 4 is 18.0 Å². The van der Waals surface area contributed by atoms with Crippen LogP contribution in [0.4, 0.5) is 0 Å². The van der Waals surface area contributed by atoms with Crippen molar-refractivity contribution in [1.82, 2.24) is 14.7 Å². The average Bonchev–Trinajstić information content (AvgIpc) is 2.59. The van der Waals surface area contributed by atoms with Gasteiger partial charge in [0.25, 0.3) is 0 Å². The first-order valence-electron chi connectivity index (χ1n) is 4.62. The Bertz CT molecular complexity index is 423. The third-order valence-corrected chi connectivity index (χ3v) is 1.89. The highest BCUT2D eigenvalue weighted by Crippen LogP contribution is 1.99. The first-order valence-corrected chi connectivity index (χ1v) is 4.62. The Balaban J connectivity index is 2.57. The molecular weight excluding hydrogens is 210 g/mol. The van der Waals surface area contributed by atoms with E-state index in [1.165, 1.54) is 13.1 Å². The summed E-state index contributed by atoms with van der Waals surface area (Å²) in [5.41, 5.74) is 0.791.